The number of benzene rings is 1. The standard InChI is InChI=1S/C20H23N3O2S/c24-12-15(9-14-7-8-26-13-14)10-21-19(25)11-23-18-4-2-1-3-17(18)22-20(23)16-5-6-16/h1-4,7-8,13,15-16,24H,5-6,9-12H2,(H,21,25). The number of hydrogen-bond acceptors (Lipinski definition) is 4. The highest BCUT2D eigenvalue weighted by Crippen LogP contribution is 2.40. The van der Waals surface area contributed by atoms with Crippen LogP contribution >= 0.6 is 11.3 Å². The average Bonchev–Trinajstić information content (AvgIpc) is 3.25. The lowest BCUT2D eigenvalue weighted by molar-refractivity contribution is -0.121. The van der Waals surface area contributed by atoms with E-state index in [4.69, 9.17) is 4.98 Å². The molecular weight excluding hydrogens is 346 g/mol. The Hall–Kier alpha value is -2.18. The van der Waals surface area contributed by atoms with E-state index in [9.17, 15) is 9.90 Å². The van der Waals surface area contributed by atoms with Crippen LogP contribution in [0.4, 0.5) is 0 Å². The predicted octanol–water partition coefficient (Wildman–Crippen LogP) is 2.94. The fourth-order valence-corrected chi connectivity index (χ4v) is 4.00. The van der Waals surface area contributed by atoms with E-state index in [1.165, 1.54) is 5.56 Å². The van der Waals surface area contributed by atoms with Crippen molar-refractivity contribution in [1.82, 2.24) is 14.9 Å². The normalized spacial score (nSPS) is 15.3. The Bertz CT molecular complexity index is 884. The summed E-state index contributed by atoms with van der Waals surface area (Å²) < 4.78 is 2.05. The molecule has 0 spiro atoms. The van der Waals surface area contributed by atoms with Crippen molar-refractivity contribution < 1.29 is 9.90 Å². The maximum absolute atomic E-state index is 12.5. The Morgan fingerprint density at radius 1 is 1.35 bits per heavy atom. The van der Waals surface area contributed by atoms with Crippen molar-refractivity contribution in [3.05, 3.63) is 52.5 Å². The second-order valence-corrected chi connectivity index (χ2v) is 7.79. The Labute approximate surface area is 156 Å². The molecule has 1 aliphatic rings. The number of para-hydroxylation sites is 2. The number of nitrogens with zero attached hydrogens (tertiary/aromatic N) is 2. The highest BCUT2D eigenvalue weighted by Gasteiger charge is 2.30. The van der Waals surface area contributed by atoms with Gasteiger partial charge in [-0.15, -0.1) is 0 Å². The summed E-state index contributed by atoms with van der Waals surface area (Å²) in [5.74, 6) is 1.52. The van der Waals surface area contributed by atoms with Gasteiger partial charge in [-0.25, -0.2) is 4.98 Å². The molecule has 1 aromatic carbocycles. The van der Waals surface area contributed by atoms with Crippen LogP contribution in [0.2, 0.25) is 0 Å². The van der Waals surface area contributed by atoms with Crippen LogP contribution < -0.4 is 5.32 Å². The zero-order chi connectivity index (χ0) is 17.9. The van der Waals surface area contributed by atoms with Gasteiger partial charge in [-0.05, 0) is 53.8 Å². The number of aliphatic hydroxyl groups excluding tert-OH is 1. The van der Waals surface area contributed by atoms with Crippen molar-refractivity contribution in [3.63, 3.8) is 0 Å². The molecule has 0 radical (unpaired) electrons. The number of thiophene rings is 1. The number of imidazole rings is 1. The van der Waals surface area contributed by atoms with Gasteiger partial charge in [0.25, 0.3) is 0 Å². The molecule has 1 unspecified atom stereocenters. The van der Waals surface area contributed by atoms with Crippen molar-refractivity contribution in [3.8, 4) is 0 Å². The molecule has 0 aliphatic heterocycles. The van der Waals surface area contributed by atoms with Crippen LogP contribution in [0.5, 0.6) is 0 Å². The lowest BCUT2D eigenvalue weighted by Crippen LogP contribution is -2.34. The highest BCUT2D eigenvalue weighted by atomic mass is 32.1. The quantitative estimate of drug-likeness (QED) is 0.641. The summed E-state index contributed by atoms with van der Waals surface area (Å²) in [7, 11) is 0. The van der Waals surface area contributed by atoms with Crippen molar-refractivity contribution in [1.29, 1.82) is 0 Å². The smallest absolute Gasteiger partial charge is 0.240 e. The van der Waals surface area contributed by atoms with E-state index in [0.29, 0.717) is 12.5 Å². The number of hydrogen-bond donors (Lipinski definition) is 2. The third-order valence-corrected chi connectivity index (χ3v) is 5.61. The molecule has 3 aromatic rings. The van der Waals surface area contributed by atoms with E-state index < -0.39 is 0 Å². The molecule has 1 aliphatic carbocycles. The number of aromatic nitrogens is 2. The maximum atomic E-state index is 12.5. The van der Waals surface area contributed by atoms with Crippen LogP contribution in [0, 0.1) is 5.92 Å². The molecule has 2 aromatic heterocycles. The first kappa shape index (κ1) is 17.2. The average molecular weight is 369 g/mol. The molecular formula is C20H23N3O2S. The third kappa shape index (κ3) is 3.81. The number of fused-ring (bicyclic) bond motifs is 1. The largest absolute Gasteiger partial charge is 0.396 e. The van der Waals surface area contributed by atoms with E-state index in [1.807, 2.05) is 29.6 Å². The summed E-state index contributed by atoms with van der Waals surface area (Å²) in [5.41, 5.74) is 3.18. The van der Waals surface area contributed by atoms with Crippen molar-refractivity contribution >= 4 is 28.3 Å². The van der Waals surface area contributed by atoms with E-state index in [1.54, 1.807) is 11.3 Å². The molecule has 1 fully saturated rings. The van der Waals surface area contributed by atoms with Gasteiger partial charge in [0.1, 0.15) is 12.4 Å². The molecule has 1 saturated carbocycles. The van der Waals surface area contributed by atoms with Gasteiger partial charge in [-0.2, -0.15) is 11.3 Å². The monoisotopic (exact) mass is 369 g/mol. The molecule has 4 rings (SSSR count). The molecule has 1 amide bonds. The van der Waals surface area contributed by atoms with E-state index in [2.05, 4.69) is 21.3 Å². The van der Waals surface area contributed by atoms with Crippen molar-refractivity contribution in [2.45, 2.75) is 31.7 Å². The summed E-state index contributed by atoms with van der Waals surface area (Å²) in [4.78, 5) is 17.3. The summed E-state index contributed by atoms with van der Waals surface area (Å²) in [6, 6.07) is 10.0. The molecule has 2 N–H and O–H groups in total. The van der Waals surface area contributed by atoms with Gasteiger partial charge in [0.15, 0.2) is 0 Å². The second kappa shape index (κ2) is 7.60. The van der Waals surface area contributed by atoms with Gasteiger partial charge >= 0.3 is 0 Å². The van der Waals surface area contributed by atoms with Crippen LogP contribution in [0.25, 0.3) is 11.0 Å². The lowest BCUT2D eigenvalue weighted by Gasteiger charge is -2.15. The maximum Gasteiger partial charge on any atom is 0.240 e. The van der Waals surface area contributed by atoms with Gasteiger partial charge in [0.05, 0.1) is 11.0 Å². The fraction of sp³-hybridized carbons (Fsp3) is 0.400. The van der Waals surface area contributed by atoms with Crippen molar-refractivity contribution in [2.75, 3.05) is 13.2 Å². The Kier molecular flexibility index (Phi) is 5.04. The number of rotatable bonds is 8. The highest BCUT2D eigenvalue weighted by molar-refractivity contribution is 7.07. The number of carbonyl (C=O) groups is 1. The van der Waals surface area contributed by atoms with Crippen LogP contribution in [-0.4, -0.2) is 33.7 Å². The number of carbonyl (C=O) groups excluding carboxylic acids is 1. The lowest BCUT2D eigenvalue weighted by atomic mass is 10.0. The Balaban J connectivity index is 1.41. The summed E-state index contributed by atoms with van der Waals surface area (Å²) in [5, 5.41) is 16.7. The summed E-state index contributed by atoms with van der Waals surface area (Å²) in [6.07, 6.45) is 3.08. The molecule has 136 valence electrons. The Morgan fingerprint density at radius 2 is 2.19 bits per heavy atom. The number of aliphatic hydroxyl groups is 1. The predicted molar refractivity (Wildman–Crippen MR) is 103 cm³/mol. The molecule has 26 heavy (non-hydrogen) atoms. The minimum atomic E-state index is -0.0289. The number of amides is 1. The topological polar surface area (TPSA) is 67.2 Å². The first-order valence-electron chi connectivity index (χ1n) is 9.08. The first-order valence-corrected chi connectivity index (χ1v) is 10.0. The fourth-order valence-electron chi connectivity index (χ4n) is 3.31. The van der Waals surface area contributed by atoms with E-state index in [-0.39, 0.29) is 25.0 Å². The molecule has 5 nitrogen and oxygen atoms in total. The van der Waals surface area contributed by atoms with E-state index >= 15 is 0 Å². The molecule has 1 atom stereocenters. The van der Waals surface area contributed by atoms with Gasteiger partial charge in [-0.1, -0.05) is 12.1 Å². The molecule has 0 bridgehead atoms. The van der Waals surface area contributed by atoms with Crippen LogP contribution in [-0.2, 0) is 17.8 Å². The minimum Gasteiger partial charge on any atom is -0.396 e. The summed E-state index contributed by atoms with van der Waals surface area (Å²) >= 11 is 1.65. The summed E-state index contributed by atoms with van der Waals surface area (Å²) in [6.45, 7) is 0.830. The van der Waals surface area contributed by atoms with Gasteiger partial charge in [0.2, 0.25) is 5.91 Å². The molecule has 2 heterocycles. The van der Waals surface area contributed by atoms with Gasteiger partial charge in [0, 0.05) is 25.0 Å². The second-order valence-electron chi connectivity index (χ2n) is 7.01. The van der Waals surface area contributed by atoms with E-state index in [0.717, 1.165) is 36.1 Å². The van der Waals surface area contributed by atoms with Crippen molar-refractivity contribution in [2.24, 2.45) is 5.92 Å². The van der Waals surface area contributed by atoms with Gasteiger partial charge in [-0.3, -0.25) is 4.79 Å². The van der Waals surface area contributed by atoms with Crippen LogP contribution in [0.1, 0.15) is 30.1 Å². The first-order chi connectivity index (χ1) is 12.7. The third-order valence-electron chi connectivity index (χ3n) is 4.88. The SMILES string of the molecule is O=C(Cn1c(C2CC2)nc2ccccc21)NCC(CO)Cc1ccsc1. The zero-order valence-corrected chi connectivity index (χ0v) is 15.4. The Morgan fingerprint density at radius 3 is 2.92 bits per heavy atom. The van der Waals surface area contributed by atoms with Crippen LogP contribution in [0.3, 0.4) is 0 Å². The number of nitrogens with one attached hydrogen (secondary N) is 1. The van der Waals surface area contributed by atoms with Crippen LogP contribution in [0.15, 0.2) is 41.1 Å². The molecule has 6 heteroatoms. The molecule has 0 saturated heterocycles. The minimum absolute atomic E-state index is 0.0289. The zero-order valence-electron chi connectivity index (χ0n) is 14.6. The van der Waals surface area contributed by atoms with Gasteiger partial charge < -0.3 is 15.0 Å².